The third-order valence-corrected chi connectivity index (χ3v) is 2.62. The smallest absolute Gasteiger partial charge is 0.161 e. The molecule has 2 rings (SSSR count). The summed E-state index contributed by atoms with van der Waals surface area (Å²) < 4.78 is 28.0. The highest BCUT2D eigenvalue weighted by molar-refractivity contribution is 5.95. The maximum Gasteiger partial charge on any atom is 0.161 e. The Bertz CT molecular complexity index is 587. The standard InChI is InChI=1S/C13H11F2NO/c1-8(17)9-5-13(16(2)7-9)11-4-3-10(14)6-12(11)15/h3-7H,1-2H3. The molecule has 0 saturated heterocycles. The molecule has 1 aromatic heterocycles. The average molecular weight is 235 g/mol. The number of benzene rings is 1. The van der Waals surface area contributed by atoms with Gasteiger partial charge in [-0.05, 0) is 25.1 Å². The summed E-state index contributed by atoms with van der Waals surface area (Å²) in [6.45, 7) is 1.44. The topological polar surface area (TPSA) is 22.0 Å². The van der Waals surface area contributed by atoms with Crippen molar-refractivity contribution in [2.45, 2.75) is 6.92 Å². The van der Waals surface area contributed by atoms with E-state index in [1.54, 1.807) is 23.9 Å². The van der Waals surface area contributed by atoms with Gasteiger partial charge < -0.3 is 4.57 Å². The first-order valence-electron chi connectivity index (χ1n) is 5.12. The third-order valence-electron chi connectivity index (χ3n) is 2.62. The van der Waals surface area contributed by atoms with Crippen LogP contribution in [0.15, 0.2) is 30.5 Å². The highest BCUT2D eigenvalue weighted by atomic mass is 19.1. The molecule has 0 atom stereocenters. The molecule has 1 aromatic carbocycles. The number of ketones is 1. The summed E-state index contributed by atoms with van der Waals surface area (Å²) in [5.74, 6) is -1.34. The number of Topliss-reactive ketones (excluding diaryl/α,β-unsaturated/α-hetero) is 1. The molecule has 17 heavy (non-hydrogen) atoms. The van der Waals surface area contributed by atoms with Gasteiger partial charge in [0.05, 0.1) is 5.69 Å². The summed E-state index contributed by atoms with van der Waals surface area (Å²) >= 11 is 0. The Balaban J connectivity index is 2.56. The fraction of sp³-hybridized carbons (Fsp3) is 0.154. The maximum atomic E-state index is 13.6. The molecule has 0 aliphatic heterocycles. The molecule has 0 fully saturated rings. The first kappa shape index (κ1) is 11.5. The van der Waals surface area contributed by atoms with Gasteiger partial charge in [0.25, 0.3) is 0 Å². The summed E-state index contributed by atoms with van der Waals surface area (Å²) in [6.07, 6.45) is 1.63. The number of carbonyl (C=O) groups is 1. The zero-order valence-electron chi connectivity index (χ0n) is 9.50. The Morgan fingerprint density at radius 3 is 2.47 bits per heavy atom. The van der Waals surface area contributed by atoms with Crippen molar-refractivity contribution in [3.63, 3.8) is 0 Å². The van der Waals surface area contributed by atoms with Crippen LogP contribution in [0, 0.1) is 11.6 Å². The molecule has 4 heteroatoms. The molecular formula is C13H11F2NO. The van der Waals surface area contributed by atoms with Crippen molar-refractivity contribution in [1.29, 1.82) is 0 Å². The van der Waals surface area contributed by atoms with Crippen molar-refractivity contribution in [2.24, 2.45) is 7.05 Å². The van der Waals surface area contributed by atoms with E-state index in [9.17, 15) is 13.6 Å². The Hall–Kier alpha value is -1.97. The van der Waals surface area contributed by atoms with Gasteiger partial charge in [-0.1, -0.05) is 0 Å². The third kappa shape index (κ3) is 2.11. The molecule has 2 aromatic rings. The van der Waals surface area contributed by atoms with E-state index in [0.717, 1.165) is 6.07 Å². The Kier molecular flexibility index (Phi) is 2.79. The van der Waals surface area contributed by atoms with Gasteiger partial charge in [-0.3, -0.25) is 4.79 Å². The predicted molar refractivity (Wildman–Crippen MR) is 60.8 cm³/mol. The van der Waals surface area contributed by atoms with Crippen LogP contribution in [-0.2, 0) is 7.05 Å². The quantitative estimate of drug-likeness (QED) is 0.733. The molecule has 0 unspecified atom stereocenters. The van der Waals surface area contributed by atoms with E-state index in [4.69, 9.17) is 0 Å². The van der Waals surface area contributed by atoms with Crippen LogP contribution in [0.1, 0.15) is 17.3 Å². The summed E-state index contributed by atoms with van der Waals surface area (Å²) in [5, 5.41) is 0. The van der Waals surface area contributed by atoms with Crippen molar-refractivity contribution in [3.8, 4) is 11.3 Å². The van der Waals surface area contributed by atoms with Crippen LogP contribution in [0.25, 0.3) is 11.3 Å². The van der Waals surface area contributed by atoms with Gasteiger partial charge in [0, 0.05) is 30.4 Å². The molecule has 0 aliphatic rings. The van der Waals surface area contributed by atoms with Crippen molar-refractivity contribution in [3.05, 3.63) is 47.7 Å². The molecule has 0 N–H and O–H groups in total. The minimum Gasteiger partial charge on any atom is -0.350 e. The number of hydrogen-bond donors (Lipinski definition) is 0. The van der Waals surface area contributed by atoms with Crippen LogP contribution in [0.4, 0.5) is 8.78 Å². The van der Waals surface area contributed by atoms with Crippen molar-refractivity contribution < 1.29 is 13.6 Å². The van der Waals surface area contributed by atoms with E-state index in [0.29, 0.717) is 11.3 Å². The number of carbonyl (C=O) groups excluding carboxylic acids is 1. The largest absolute Gasteiger partial charge is 0.350 e. The second kappa shape index (κ2) is 4.13. The van der Waals surface area contributed by atoms with Gasteiger partial charge in [0.15, 0.2) is 5.78 Å². The molecule has 88 valence electrons. The van der Waals surface area contributed by atoms with Crippen LogP contribution >= 0.6 is 0 Å². The molecule has 0 spiro atoms. The van der Waals surface area contributed by atoms with Gasteiger partial charge in [-0.15, -0.1) is 0 Å². The molecule has 2 nitrogen and oxygen atoms in total. The molecular weight excluding hydrogens is 224 g/mol. The number of nitrogens with zero attached hydrogens (tertiary/aromatic N) is 1. The minimum atomic E-state index is -0.638. The van der Waals surface area contributed by atoms with Gasteiger partial charge >= 0.3 is 0 Å². The van der Waals surface area contributed by atoms with E-state index in [1.807, 2.05) is 0 Å². The predicted octanol–water partition coefficient (Wildman–Crippen LogP) is 3.17. The molecule has 0 radical (unpaired) electrons. The van der Waals surface area contributed by atoms with Crippen LogP contribution in [-0.4, -0.2) is 10.4 Å². The average Bonchev–Trinajstić information content (AvgIpc) is 2.61. The van der Waals surface area contributed by atoms with Gasteiger partial charge in [0.2, 0.25) is 0 Å². The van der Waals surface area contributed by atoms with Gasteiger partial charge in [-0.2, -0.15) is 0 Å². The highest BCUT2D eigenvalue weighted by Gasteiger charge is 2.12. The summed E-state index contributed by atoms with van der Waals surface area (Å²) in [4.78, 5) is 11.2. The van der Waals surface area contributed by atoms with Crippen LogP contribution < -0.4 is 0 Å². The minimum absolute atomic E-state index is 0.0885. The molecule has 1 heterocycles. The first-order chi connectivity index (χ1) is 7.99. The maximum absolute atomic E-state index is 13.6. The fourth-order valence-electron chi connectivity index (χ4n) is 1.72. The second-order valence-electron chi connectivity index (χ2n) is 3.91. The Morgan fingerprint density at radius 2 is 1.94 bits per heavy atom. The van der Waals surface area contributed by atoms with Crippen LogP contribution in [0.3, 0.4) is 0 Å². The van der Waals surface area contributed by atoms with Gasteiger partial charge in [0.1, 0.15) is 11.6 Å². The summed E-state index contributed by atoms with van der Waals surface area (Å²) in [6, 6.07) is 4.98. The number of aryl methyl sites for hydroxylation is 1. The highest BCUT2D eigenvalue weighted by Crippen LogP contribution is 2.25. The first-order valence-corrected chi connectivity index (χ1v) is 5.12. The zero-order valence-corrected chi connectivity index (χ0v) is 9.50. The van der Waals surface area contributed by atoms with Crippen molar-refractivity contribution in [1.82, 2.24) is 4.57 Å². The SMILES string of the molecule is CC(=O)c1cc(-c2ccc(F)cc2F)n(C)c1. The lowest BCUT2D eigenvalue weighted by Gasteiger charge is -2.04. The van der Waals surface area contributed by atoms with Crippen molar-refractivity contribution in [2.75, 3.05) is 0 Å². The lowest BCUT2D eigenvalue weighted by molar-refractivity contribution is 0.101. The summed E-state index contributed by atoms with van der Waals surface area (Å²) in [7, 11) is 1.71. The monoisotopic (exact) mass is 235 g/mol. The van der Waals surface area contributed by atoms with Crippen molar-refractivity contribution >= 4 is 5.78 Å². The second-order valence-corrected chi connectivity index (χ2v) is 3.91. The number of aromatic nitrogens is 1. The van der Waals surface area contributed by atoms with Crippen LogP contribution in [0.2, 0.25) is 0 Å². The fourth-order valence-corrected chi connectivity index (χ4v) is 1.72. The molecule has 0 amide bonds. The Labute approximate surface area is 97.5 Å². The lowest BCUT2D eigenvalue weighted by atomic mass is 10.1. The van der Waals surface area contributed by atoms with E-state index >= 15 is 0 Å². The Morgan fingerprint density at radius 1 is 1.24 bits per heavy atom. The number of halogens is 2. The van der Waals surface area contributed by atoms with E-state index in [-0.39, 0.29) is 11.3 Å². The van der Waals surface area contributed by atoms with E-state index in [2.05, 4.69) is 0 Å². The molecule has 0 bridgehead atoms. The summed E-state index contributed by atoms with van der Waals surface area (Å²) in [5.41, 5.74) is 1.33. The van der Waals surface area contributed by atoms with Gasteiger partial charge in [-0.25, -0.2) is 8.78 Å². The molecule has 0 aliphatic carbocycles. The normalized spacial score (nSPS) is 10.6. The van der Waals surface area contributed by atoms with E-state index < -0.39 is 11.6 Å². The zero-order chi connectivity index (χ0) is 12.6. The van der Waals surface area contributed by atoms with Crippen LogP contribution in [0.5, 0.6) is 0 Å². The lowest BCUT2D eigenvalue weighted by Crippen LogP contribution is -1.92. The molecule has 0 saturated carbocycles. The number of hydrogen-bond acceptors (Lipinski definition) is 1. The van der Waals surface area contributed by atoms with E-state index in [1.165, 1.54) is 19.1 Å². The number of rotatable bonds is 2.